The third-order valence-corrected chi connectivity index (χ3v) is 2.77. The van der Waals surface area contributed by atoms with E-state index in [-0.39, 0.29) is 5.54 Å². The van der Waals surface area contributed by atoms with E-state index in [2.05, 4.69) is 30.7 Å². The molecule has 16 heavy (non-hydrogen) atoms. The van der Waals surface area contributed by atoms with Gasteiger partial charge in [-0.15, -0.1) is 11.6 Å². The van der Waals surface area contributed by atoms with Gasteiger partial charge >= 0.3 is 0 Å². The van der Waals surface area contributed by atoms with Gasteiger partial charge in [-0.05, 0) is 26.8 Å². The summed E-state index contributed by atoms with van der Waals surface area (Å²) in [6, 6.07) is 1.81. The van der Waals surface area contributed by atoms with E-state index in [0.717, 1.165) is 17.0 Å². The molecule has 0 fully saturated rings. The van der Waals surface area contributed by atoms with Crippen molar-refractivity contribution in [1.82, 2.24) is 14.5 Å². The minimum atomic E-state index is -0.0974. The molecule has 0 N–H and O–H groups in total. The van der Waals surface area contributed by atoms with Crippen LogP contribution in [0, 0.1) is 0 Å². The quantitative estimate of drug-likeness (QED) is 0.732. The van der Waals surface area contributed by atoms with E-state index >= 15 is 0 Å². The van der Waals surface area contributed by atoms with Gasteiger partial charge < -0.3 is 4.57 Å². The van der Waals surface area contributed by atoms with Crippen LogP contribution >= 0.6 is 23.2 Å². The van der Waals surface area contributed by atoms with Gasteiger partial charge in [-0.1, -0.05) is 11.6 Å². The molecule has 0 bridgehead atoms. The van der Waals surface area contributed by atoms with Crippen molar-refractivity contribution in [2.24, 2.45) is 0 Å². The highest BCUT2D eigenvalue weighted by atomic mass is 35.5. The van der Waals surface area contributed by atoms with Gasteiger partial charge in [0.1, 0.15) is 11.3 Å². The van der Waals surface area contributed by atoms with Crippen LogP contribution in [0.4, 0.5) is 0 Å². The summed E-state index contributed by atoms with van der Waals surface area (Å²) < 4.78 is 2.05. The molecule has 0 aliphatic carbocycles. The van der Waals surface area contributed by atoms with Gasteiger partial charge in [0.25, 0.3) is 0 Å². The fraction of sp³-hybridized carbons (Fsp3) is 0.455. The van der Waals surface area contributed by atoms with Crippen LogP contribution in [0.25, 0.3) is 11.2 Å². The highest BCUT2D eigenvalue weighted by Crippen LogP contribution is 2.25. The van der Waals surface area contributed by atoms with Crippen LogP contribution in [-0.2, 0) is 11.4 Å². The number of imidazole rings is 1. The monoisotopic (exact) mass is 257 g/mol. The Labute approximate surface area is 104 Å². The van der Waals surface area contributed by atoms with Gasteiger partial charge in [0.05, 0.1) is 10.9 Å². The molecule has 0 atom stereocenters. The summed E-state index contributed by atoms with van der Waals surface area (Å²) in [5.74, 6) is 1.18. The van der Waals surface area contributed by atoms with Crippen LogP contribution in [0.5, 0.6) is 0 Å². The number of alkyl halides is 1. The molecule has 0 unspecified atom stereocenters. The summed E-state index contributed by atoms with van der Waals surface area (Å²) in [5.41, 5.74) is 1.52. The molecule has 0 radical (unpaired) electrons. The molecule has 0 aliphatic rings. The van der Waals surface area contributed by atoms with Gasteiger partial charge in [-0.2, -0.15) is 0 Å². The van der Waals surface area contributed by atoms with Crippen molar-refractivity contribution in [3.63, 3.8) is 0 Å². The molecule has 0 aliphatic heterocycles. The Hall–Kier alpha value is -0.800. The molecule has 0 saturated heterocycles. The van der Waals surface area contributed by atoms with Crippen LogP contribution in [0.2, 0.25) is 5.02 Å². The molecule has 2 rings (SSSR count). The average molecular weight is 258 g/mol. The molecule has 0 saturated carbocycles. The molecular weight excluding hydrogens is 245 g/mol. The van der Waals surface area contributed by atoms with E-state index in [1.165, 1.54) is 0 Å². The van der Waals surface area contributed by atoms with Crippen molar-refractivity contribution < 1.29 is 0 Å². The zero-order valence-corrected chi connectivity index (χ0v) is 11.0. The summed E-state index contributed by atoms with van der Waals surface area (Å²) in [6.07, 6.45) is 1.63. The fourth-order valence-corrected chi connectivity index (χ4v) is 2.11. The summed E-state index contributed by atoms with van der Waals surface area (Å²) in [7, 11) is 0. The van der Waals surface area contributed by atoms with Crippen molar-refractivity contribution in [3.8, 4) is 0 Å². The van der Waals surface area contributed by atoms with Crippen molar-refractivity contribution >= 4 is 34.4 Å². The average Bonchev–Trinajstić information content (AvgIpc) is 2.54. The SMILES string of the molecule is CC(C)(C)n1c(CCl)nc2cc(Cl)cnc21. The summed E-state index contributed by atoms with van der Waals surface area (Å²) in [4.78, 5) is 8.77. The normalized spacial score (nSPS) is 12.3. The number of halogens is 2. The number of fused-ring (bicyclic) bond motifs is 1. The first-order valence-electron chi connectivity index (χ1n) is 5.03. The molecule has 2 aromatic rings. The van der Waals surface area contributed by atoms with E-state index in [1.807, 2.05) is 10.6 Å². The van der Waals surface area contributed by atoms with Crippen LogP contribution in [0.15, 0.2) is 12.3 Å². The summed E-state index contributed by atoms with van der Waals surface area (Å²) in [5, 5.41) is 0.590. The second kappa shape index (κ2) is 3.90. The second-order valence-electron chi connectivity index (χ2n) is 4.66. The van der Waals surface area contributed by atoms with Crippen LogP contribution in [0.3, 0.4) is 0 Å². The number of nitrogens with zero attached hydrogens (tertiary/aromatic N) is 3. The van der Waals surface area contributed by atoms with Crippen LogP contribution < -0.4 is 0 Å². The van der Waals surface area contributed by atoms with Gasteiger partial charge in [-0.3, -0.25) is 0 Å². The van der Waals surface area contributed by atoms with E-state index in [0.29, 0.717) is 10.9 Å². The molecule has 5 heteroatoms. The highest BCUT2D eigenvalue weighted by molar-refractivity contribution is 6.31. The van der Waals surface area contributed by atoms with Gasteiger partial charge in [0.15, 0.2) is 5.65 Å². The lowest BCUT2D eigenvalue weighted by molar-refractivity contribution is 0.396. The predicted molar refractivity (Wildman–Crippen MR) is 67.1 cm³/mol. The van der Waals surface area contributed by atoms with E-state index in [1.54, 1.807) is 6.20 Å². The minimum Gasteiger partial charge on any atom is -0.306 e. The van der Waals surface area contributed by atoms with Crippen molar-refractivity contribution in [1.29, 1.82) is 0 Å². The van der Waals surface area contributed by atoms with E-state index in [4.69, 9.17) is 23.2 Å². The molecule has 0 amide bonds. The topological polar surface area (TPSA) is 30.7 Å². The number of hydrogen-bond acceptors (Lipinski definition) is 2. The predicted octanol–water partition coefficient (Wildman–Crippen LogP) is 3.58. The van der Waals surface area contributed by atoms with E-state index in [9.17, 15) is 0 Å². The largest absolute Gasteiger partial charge is 0.306 e. The first-order valence-corrected chi connectivity index (χ1v) is 5.94. The third-order valence-electron chi connectivity index (χ3n) is 2.32. The van der Waals surface area contributed by atoms with Gasteiger partial charge in [0, 0.05) is 11.7 Å². The Morgan fingerprint density at radius 3 is 2.62 bits per heavy atom. The zero-order chi connectivity index (χ0) is 11.9. The van der Waals surface area contributed by atoms with Gasteiger partial charge in [0.2, 0.25) is 0 Å². The molecule has 0 spiro atoms. The Bertz CT molecular complexity index is 526. The Kier molecular flexibility index (Phi) is 2.84. The second-order valence-corrected chi connectivity index (χ2v) is 5.37. The number of pyridine rings is 1. The first-order chi connectivity index (χ1) is 7.43. The van der Waals surface area contributed by atoms with Crippen LogP contribution in [-0.4, -0.2) is 14.5 Å². The maximum absolute atomic E-state index is 5.91. The molecule has 2 aromatic heterocycles. The maximum Gasteiger partial charge on any atom is 0.160 e. The lowest BCUT2D eigenvalue weighted by Crippen LogP contribution is -2.24. The lowest BCUT2D eigenvalue weighted by Gasteiger charge is -2.23. The molecule has 3 nitrogen and oxygen atoms in total. The third kappa shape index (κ3) is 1.89. The Morgan fingerprint density at radius 1 is 1.38 bits per heavy atom. The molecule has 86 valence electrons. The summed E-state index contributed by atoms with van der Waals surface area (Å²) in [6.45, 7) is 6.29. The standard InChI is InChI=1S/C11H13Cl2N3/c1-11(2,3)16-9(5-12)15-8-4-7(13)6-14-10(8)16/h4,6H,5H2,1-3H3. The minimum absolute atomic E-state index is 0.0974. The number of aromatic nitrogens is 3. The van der Waals surface area contributed by atoms with Crippen LogP contribution in [0.1, 0.15) is 26.6 Å². The number of hydrogen-bond donors (Lipinski definition) is 0. The number of rotatable bonds is 1. The zero-order valence-electron chi connectivity index (χ0n) is 9.46. The first kappa shape index (κ1) is 11.7. The fourth-order valence-electron chi connectivity index (χ4n) is 1.78. The molecule has 0 aromatic carbocycles. The molecule has 2 heterocycles. The highest BCUT2D eigenvalue weighted by Gasteiger charge is 2.21. The lowest BCUT2D eigenvalue weighted by atomic mass is 10.1. The maximum atomic E-state index is 5.91. The van der Waals surface area contributed by atoms with Gasteiger partial charge in [-0.25, -0.2) is 9.97 Å². The van der Waals surface area contributed by atoms with Crippen molar-refractivity contribution in [2.45, 2.75) is 32.2 Å². The van der Waals surface area contributed by atoms with E-state index < -0.39 is 0 Å². The smallest absolute Gasteiger partial charge is 0.160 e. The molecular formula is C11H13Cl2N3. The summed E-state index contributed by atoms with van der Waals surface area (Å²) >= 11 is 11.8. The Morgan fingerprint density at radius 2 is 2.06 bits per heavy atom. The van der Waals surface area contributed by atoms with Crippen molar-refractivity contribution in [2.75, 3.05) is 0 Å². The Balaban J connectivity index is 2.79. The van der Waals surface area contributed by atoms with Crippen molar-refractivity contribution in [3.05, 3.63) is 23.1 Å².